The Morgan fingerprint density at radius 1 is 1.06 bits per heavy atom. The molecule has 178 valence electrons. The van der Waals surface area contributed by atoms with Crippen molar-refractivity contribution >= 4 is 16.1 Å². The lowest BCUT2D eigenvalue weighted by atomic mass is 9.90. The molecule has 2 unspecified atom stereocenters. The molecular weight excluding hydrogens is 440 g/mol. The van der Waals surface area contributed by atoms with Gasteiger partial charge in [-0.15, -0.1) is 0 Å². The molecule has 1 N–H and O–H groups in total. The Kier molecular flexibility index (Phi) is 7.67. The first-order chi connectivity index (χ1) is 15.9. The summed E-state index contributed by atoms with van der Waals surface area (Å²) in [5, 5.41) is 0. The number of piperidine rings is 1. The molecule has 0 spiro atoms. The monoisotopic (exact) mass is 472 g/mol. The summed E-state index contributed by atoms with van der Waals surface area (Å²) in [6.07, 6.45) is 3.95. The van der Waals surface area contributed by atoms with Crippen LogP contribution in [0, 0.1) is 0 Å². The Bertz CT molecular complexity index is 1040. The lowest BCUT2D eigenvalue weighted by Gasteiger charge is -2.41. The van der Waals surface area contributed by atoms with Crippen LogP contribution in [0.25, 0.3) is 11.1 Å². The smallest absolute Gasteiger partial charge is 0.410 e. The lowest BCUT2D eigenvalue weighted by Crippen LogP contribution is -2.58. The molecule has 2 saturated heterocycles. The van der Waals surface area contributed by atoms with E-state index in [0.29, 0.717) is 45.4 Å². The minimum atomic E-state index is -3.42. The van der Waals surface area contributed by atoms with Crippen LogP contribution in [0.2, 0.25) is 0 Å². The van der Waals surface area contributed by atoms with Crippen LogP contribution in [-0.2, 0) is 25.9 Å². The van der Waals surface area contributed by atoms with Crippen molar-refractivity contribution in [3.63, 3.8) is 0 Å². The van der Waals surface area contributed by atoms with E-state index < -0.39 is 10.0 Å². The number of carbonyl (C=O) groups excluding carboxylic acids is 1. The second kappa shape index (κ2) is 10.7. The number of nitrogens with zero attached hydrogens (tertiary/aromatic N) is 1. The number of amides is 1. The van der Waals surface area contributed by atoms with E-state index in [-0.39, 0.29) is 24.3 Å². The molecule has 33 heavy (non-hydrogen) atoms. The van der Waals surface area contributed by atoms with Crippen molar-refractivity contribution in [1.29, 1.82) is 0 Å². The fourth-order valence-corrected chi connectivity index (χ4v) is 5.53. The number of nitrogens with one attached hydrogen (secondary N) is 1. The molecule has 2 heterocycles. The van der Waals surface area contributed by atoms with E-state index in [9.17, 15) is 13.2 Å². The molecule has 1 amide bonds. The van der Waals surface area contributed by atoms with E-state index in [2.05, 4.69) is 29.0 Å². The molecule has 0 saturated carbocycles. The standard InChI is InChI=1S/C25H32N2O5S/c1-33(29,30)26-23-11-6-14-27(25(28)32-22-12-15-31-16-13-22)24(23)18-19-7-5-10-21(17-19)20-8-3-2-4-9-20/h2-5,7-10,17,22-24,26H,6,11-16,18H2,1H3. The Morgan fingerprint density at radius 2 is 1.79 bits per heavy atom. The van der Waals surface area contributed by atoms with Crippen molar-refractivity contribution in [2.75, 3.05) is 26.0 Å². The minimum absolute atomic E-state index is 0.156. The van der Waals surface area contributed by atoms with Crippen LogP contribution in [0.15, 0.2) is 54.6 Å². The van der Waals surface area contributed by atoms with Crippen LogP contribution in [0.4, 0.5) is 4.79 Å². The predicted octanol–water partition coefficient (Wildman–Crippen LogP) is 3.59. The van der Waals surface area contributed by atoms with Gasteiger partial charge in [0, 0.05) is 25.4 Å². The van der Waals surface area contributed by atoms with Gasteiger partial charge in [0.15, 0.2) is 0 Å². The molecule has 2 fully saturated rings. The van der Waals surface area contributed by atoms with E-state index in [0.717, 1.165) is 23.1 Å². The van der Waals surface area contributed by atoms with Crippen molar-refractivity contribution in [1.82, 2.24) is 9.62 Å². The lowest BCUT2D eigenvalue weighted by molar-refractivity contribution is -0.0189. The third-order valence-electron chi connectivity index (χ3n) is 6.29. The maximum Gasteiger partial charge on any atom is 0.410 e. The van der Waals surface area contributed by atoms with Crippen LogP contribution in [0.3, 0.4) is 0 Å². The summed E-state index contributed by atoms with van der Waals surface area (Å²) >= 11 is 0. The largest absolute Gasteiger partial charge is 0.446 e. The average Bonchev–Trinajstić information content (AvgIpc) is 2.80. The molecule has 4 rings (SSSR count). The Morgan fingerprint density at radius 3 is 2.52 bits per heavy atom. The normalized spacial score (nSPS) is 22.2. The molecule has 0 aromatic heterocycles. The molecule has 2 aliphatic heterocycles. The highest BCUT2D eigenvalue weighted by Crippen LogP contribution is 2.26. The Labute approximate surface area is 196 Å². The molecule has 7 nitrogen and oxygen atoms in total. The number of sulfonamides is 1. The zero-order chi connectivity index (χ0) is 23.3. The quantitative estimate of drug-likeness (QED) is 0.695. The summed E-state index contributed by atoms with van der Waals surface area (Å²) < 4.78 is 38.1. The molecule has 2 aromatic rings. The number of rotatable bonds is 6. The minimum Gasteiger partial charge on any atom is -0.446 e. The van der Waals surface area contributed by atoms with E-state index in [4.69, 9.17) is 9.47 Å². The molecule has 0 aliphatic carbocycles. The van der Waals surface area contributed by atoms with Crippen LogP contribution in [-0.4, -0.2) is 63.6 Å². The van der Waals surface area contributed by atoms with Crippen LogP contribution in [0.5, 0.6) is 0 Å². The number of ether oxygens (including phenoxy) is 2. The maximum atomic E-state index is 13.2. The topological polar surface area (TPSA) is 84.9 Å². The van der Waals surface area contributed by atoms with Gasteiger partial charge in [-0.3, -0.25) is 0 Å². The third kappa shape index (κ3) is 6.56. The van der Waals surface area contributed by atoms with Gasteiger partial charge in [-0.25, -0.2) is 17.9 Å². The van der Waals surface area contributed by atoms with Crippen molar-refractivity contribution in [3.8, 4) is 11.1 Å². The highest BCUT2D eigenvalue weighted by molar-refractivity contribution is 7.88. The second-order valence-electron chi connectivity index (χ2n) is 8.87. The van der Waals surface area contributed by atoms with Gasteiger partial charge in [0.1, 0.15) is 6.10 Å². The number of benzene rings is 2. The van der Waals surface area contributed by atoms with Gasteiger partial charge in [-0.1, -0.05) is 54.6 Å². The molecule has 2 aromatic carbocycles. The highest BCUT2D eigenvalue weighted by atomic mass is 32.2. The Hall–Kier alpha value is -2.42. The van der Waals surface area contributed by atoms with Gasteiger partial charge >= 0.3 is 6.09 Å². The van der Waals surface area contributed by atoms with Crippen molar-refractivity contribution < 1.29 is 22.7 Å². The first kappa shape index (κ1) is 23.7. The summed E-state index contributed by atoms with van der Waals surface area (Å²) in [6.45, 7) is 1.73. The number of hydrogen-bond acceptors (Lipinski definition) is 5. The fraction of sp³-hybridized carbons (Fsp3) is 0.480. The van der Waals surface area contributed by atoms with E-state index in [1.54, 1.807) is 4.90 Å². The highest BCUT2D eigenvalue weighted by Gasteiger charge is 2.37. The summed E-state index contributed by atoms with van der Waals surface area (Å²) in [4.78, 5) is 14.9. The predicted molar refractivity (Wildman–Crippen MR) is 127 cm³/mol. The zero-order valence-corrected chi connectivity index (χ0v) is 19.8. The fourth-order valence-electron chi connectivity index (χ4n) is 4.70. The van der Waals surface area contributed by atoms with Gasteiger partial charge in [0.05, 0.1) is 25.5 Å². The number of likely N-dealkylation sites (tertiary alicyclic amines) is 1. The van der Waals surface area contributed by atoms with Crippen LogP contribution >= 0.6 is 0 Å². The molecule has 0 bridgehead atoms. The van der Waals surface area contributed by atoms with Crippen LogP contribution < -0.4 is 4.72 Å². The van der Waals surface area contributed by atoms with E-state index in [1.807, 2.05) is 30.3 Å². The summed E-state index contributed by atoms with van der Waals surface area (Å²) in [7, 11) is -3.42. The van der Waals surface area contributed by atoms with Gasteiger partial charge < -0.3 is 14.4 Å². The van der Waals surface area contributed by atoms with Crippen molar-refractivity contribution in [3.05, 3.63) is 60.2 Å². The van der Waals surface area contributed by atoms with Gasteiger partial charge in [-0.05, 0) is 36.0 Å². The molecule has 2 atom stereocenters. The second-order valence-corrected chi connectivity index (χ2v) is 10.6. The first-order valence-electron chi connectivity index (χ1n) is 11.6. The van der Waals surface area contributed by atoms with Crippen LogP contribution in [0.1, 0.15) is 31.2 Å². The average molecular weight is 473 g/mol. The van der Waals surface area contributed by atoms with Crippen molar-refractivity contribution in [2.45, 2.75) is 50.3 Å². The molecule has 0 radical (unpaired) electrons. The third-order valence-corrected chi connectivity index (χ3v) is 7.02. The molecule has 2 aliphatic rings. The van der Waals surface area contributed by atoms with E-state index >= 15 is 0 Å². The van der Waals surface area contributed by atoms with Gasteiger partial charge in [0.2, 0.25) is 10.0 Å². The Balaban J connectivity index is 1.57. The zero-order valence-electron chi connectivity index (χ0n) is 19.0. The van der Waals surface area contributed by atoms with Gasteiger partial charge in [-0.2, -0.15) is 0 Å². The first-order valence-corrected chi connectivity index (χ1v) is 13.4. The van der Waals surface area contributed by atoms with Gasteiger partial charge in [0.25, 0.3) is 0 Å². The summed E-state index contributed by atoms with van der Waals surface area (Å²) in [5.41, 5.74) is 3.25. The van der Waals surface area contributed by atoms with Crippen molar-refractivity contribution in [2.24, 2.45) is 0 Å². The summed E-state index contributed by atoms with van der Waals surface area (Å²) in [5.74, 6) is 0. The SMILES string of the molecule is CS(=O)(=O)NC1CCCN(C(=O)OC2CCOCC2)C1Cc1cccc(-c2ccccc2)c1. The maximum absolute atomic E-state index is 13.2. The molecular formula is C25H32N2O5S. The number of hydrogen-bond donors (Lipinski definition) is 1. The number of carbonyl (C=O) groups is 1. The molecule has 8 heteroatoms. The summed E-state index contributed by atoms with van der Waals surface area (Å²) in [6, 6.07) is 17.6. The van der Waals surface area contributed by atoms with E-state index in [1.165, 1.54) is 6.26 Å².